The molecule has 1 aromatic carbocycles. The molecule has 0 unspecified atom stereocenters. The van der Waals surface area contributed by atoms with Gasteiger partial charge in [0.2, 0.25) is 0 Å². The summed E-state index contributed by atoms with van der Waals surface area (Å²) in [5.74, 6) is 0. The molecular formula is C24H16N6. The van der Waals surface area contributed by atoms with E-state index in [9.17, 15) is 0 Å². The van der Waals surface area contributed by atoms with Gasteiger partial charge in [0.1, 0.15) is 11.4 Å². The molecule has 0 fully saturated rings. The fraction of sp³-hybridized carbons (Fsp3) is 0.0833. The molecule has 4 aromatic heterocycles. The van der Waals surface area contributed by atoms with E-state index in [1.165, 1.54) is 0 Å². The van der Waals surface area contributed by atoms with Gasteiger partial charge in [0.15, 0.2) is 0 Å². The van der Waals surface area contributed by atoms with Gasteiger partial charge >= 0.3 is 0 Å². The Hall–Kier alpha value is -4.06. The molecule has 1 aliphatic heterocycles. The summed E-state index contributed by atoms with van der Waals surface area (Å²) < 4.78 is 0. The first-order valence-electron chi connectivity index (χ1n) is 9.86. The minimum absolute atomic E-state index is 0.724. The van der Waals surface area contributed by atoms with Crippen LogP contribution in [-0.2, 0) is 0 Å². The fourth-order valence-corrected chi connectivity index (χ4v) is 3.90. The third-order valence-electron chi connectivity index (χ3n) is 5.25. The molecule has 5 heterocycles. The Bertz CT molecular complexity index is 1490. The van der Waals surface area contributed by atoms with Crippen LogP contribution in [-0.4, -0.2) is 37.2 Å². The molecule has 0 bridgehead atoms. The van der Waals surface area contributed by atoms with Crippen LogP contribution in [0.3, 0.4) is 0 Å². The highest BCUT2D eigenvalue weighted by atomic mass is 14.9. The zero-order valence-electron chi connectivity index (χ0n) is 16.0. The summed E-state index contributed by atoms with van der Waals surface area (Å²) >= 11 is 0. The number of rotatable bonds is 2. The molecule has 6 rings (SSSR count). The second-order valence-electron chi connectivity index (χ2n) is 7.09. The van der Waals surface area contributed by atoms with Crippen molar-refractivity contribution in [3.63, 3.8) is 0 Å². The van der Waals surface area contributed by atoms with Crippen LogP contribution < -0.4 is 0 Å². The summed E-state index contributed by atoms with van der Waals surface area (Å²) in [6.45, 7) is 0.747. The lowest BCUT2D eigenvalue weighted by molar-refractivity contribution is 0.991. The quantitative estimate of drug-likeness (QED) is 0.415. The highest BCUT2D eigenvalue weighted by molar-refractivity contribution is 6.22. The molecule has 1 aliphatic rings. The first kappa shape index (κ1) is 16.9. The van der Waals surface area contributed by atoms with Crippen LogP contribution in [0.5, 0.6) is 0 Å². The number of aliphatic imine (C=N–C) groups is 1. The summed E-state index contributed by atoms with van der Waals surface area (Å²) in [4.78, 5) is 28.6. The van der Waals surface area contributed by atoms with Crippen LogP contribution in [0, 0.1) is 0 Å². The lowest BCUT2D eigenvalue weighted by Crippen LogP contribution is -2.10. The van der Waals surface area contributed by atoms with Crippen LogP contribution in [0.25, 0.3) is 44.2 Å². The van der Waals surface area contributed by atoms with E-state index in [-0.39, 0.29) is 0 Å². The monoisotopic (exact) mass is 388 g/mol. The summed E-state index contributed by atoms with van der Waals surface area (Å²) in [7, 11) is 0. The maximum Gasteiger partial charge on any atom is 0.117 e. The summed E-state index contributed by atoms with van der Waals surface area (Å²) in [6.07, 6.45) is 10.4. The average Bonchev–Trinajstić information content (AvgIpc) is 2.84. The van der Waals surface area contributed by atoms with Gasteiger partial charge < -0.3 is 0 Å². The van der Waals surface area contributed by atoms with Crippen LogP contribution in [0.4, 0.5) is 0 Å². The Labute approximate surface area is 172 Å². The first-order valence-corrected chi connectivity index (χ1v) is 9.86. The number of aromatic nitrogens is 5. The van der Waals surface area contributed by atoms with Crippen molar-refractivity contribution in [2.75, 3.05) is 6.54 Å². The second kappa shape index (κ2) is 6.77. The number of hydrogen-bond acceptors (Lipinski definition) is 6. The van der Waals surface area contributed by atoms with E-state index in [1.54, 1.807) is 18.6 Å². The molecule has 5 aromatic rings. The van der Waals surface area contributed by atoms with E-state index < -0.39 is 0 Å². The van der Waals surface area contributed by atoms with Crippen molar-refractivity contribution in [2.24, 2.45) is 4.99 Å². The van der Waals surface area contributed by atoms with Crippen molar-refractivity contribution >= 4 is 38.6 Å². The molecule has 6 heteroatoms. The van der Waals surface area contributed by atoms with Crippen molar-refractivity contribution in [3.05, 3.63) is 78.9 Å². The SMILES string of the molecule is C1=CC(c2nc3c4cccnc4c4ncccc4c3nc2-c2ccccn2)=NCC1. The molecule has 142 valence electrons. The molecule has 0 saturated heterocycles. The molecule has 0 radical (unpaired) electrons. The molecular weight excluding hydrogens is 372 g/mol. The van der Waals surface area contributed by atoms with Gasteiger partial charge in [-0.2, -0.15) is 0 Å². The van der Waals surface area contributed by atoms with E-state index in [0.717, 1.165) is 68.6 Å². The topological polar surface area (TPSA) is 76.8 Å². The summed E-state index contributed by atoms with van der Waals surface area (Å²) in [5.41, 5.74) is 6.31. The van der Waals surface area contributed by atoms with Crippen LogP contribution in [0.1, 0.15) is 12.1 Å². The van der Waals surface area contributed by atoms with Gasteiger partial charge in [-0.3, -0.25) is 19.9 Å². The number of fused-ring (bicyclic) bond motifs is 6. The van der Waals surface area contributed by atoms with Crippen molar-refractivity contribution in [3.8, 4) is 11.4 Å². The largest absolute Gasteiger partial charge is 0.283 e. The molecule has 0 atom stereocenters. The number of pyridine rings is 3. The van der Waals surface area contributed by atoms with Gasteiger partial charge in [0.05, 0.1) is 33.5 Å². The van der Waals surface area contributed by atoms with Gasteiger partial charge in [0, 0.05) is 35.9 Å². The number of nitrogens with zero attached hydrogens (tertiary/aromatic N) is 6. The Kier molecular flexibility index (Phi) is 3.81. The molecule has 0 aliphatic carbocycles. The number of dihydropyridines is 1. The predicted molar refractivity (Wildman–Crippen MR) is 119 cm³/mol. The number of hydrogen-bond donors (Lipinski definition) is 0. The van der Waals surface area contributed by atoms with E-state index in [4.69, 9.17) is 15.0 Å². The van der Waals surface area contributed by atoms with Crippen LogP contribution in [0.15, 0.2) is 78.2 Å². The molecule has 0 N–H and O–H groups in total. The fourth-order valence-electron chi connectivity index (χ4n) is 3.90. The molecule has 6 nitrogen and oxygen atoms in total. The maximum absolute atomic E-state index is 5.10. The first-order chi connectivity index (χ1) is 14.9. The van der Waals surface area contributed by atoms with Crippen molar-refractivity contribution in [1.29, 1.82) is 0 Å². The van der Waals surface area contributed by atoms with Crippen molar-refractivity contribution < 1.29 is 0 Å². The molecule has 0 spiro atoms. The average molecular weight is 388 g/mol. The minimum atomic E-state index is 0.724. The lowest BCUT2D eigenvalue weighted by Gasteiger charge is -2.14. The van der Waals surface area contributed by atoms with Gasteiger partial charge in [-0.05, 0) is 48.9 Å². The smallest absolute Gasteiger partial charge is 0.117 e. The normalized spacial score (nSPS) is 13.8. The van der Waals surface area contributed by atoms with E-state index in [1.807, 2.05) is 48.5 Å². The zero-order chi connectivity index (χ0) is 19.9. The lowest BCUT2D eigenvalue weighted by atomic mass is 10.0. The van der Waals surface area contributed by atoms with Crippen LogP contribution in [0.2, 0.25) is 0 Å². The second-order valence-corrected chi connectivity index (χ2v) is 7.09. The van der Waals surface area contributed by atoms with Gasteiger partial charge in [-0.15, -0.1) is 0 Å². The Morgan fingerprint density at radius 3 is 1.97 bits per heavy atom. The van der Waals surface area contributed by atoms with Crippen molar-refractivity contribution in [2.45, 2.75) is 6.42 Å². The minimum Gasteiger partial charge on any atom is -0.283 e. The van der Waals surface area contributed by atoms with Gasteiger partial charge in [0.25, 0.3) is 0 Å². The molecule has 0 amide bonds. The standard InChI is InChI=1S/C24H16N6/c1-3-11-25-17(9-1)23-24(18-10-2-4-12-26-18)30-22-16-8-6-14-28-20(16)19-15(21(22)29-23)7-5-13-27-19/h1-3,5-11,13-14H,4,12H2. The molecule has 30 heavy (non-hydrogen) atoms. The van der Waals surface area contributed by atoms with Crippen LogP contribution >= 0.6 is 0 Å². The number of benzene rings is 1. The Morgan fingerprint density at radius 1 is 0.633 bits per heavy atom. The zero-order valence-corrected chi connectivity index (χ0v) is 16.0. The highest BCUT2D eigenvalue weighted by Gasteiger charge is 2.20. The van der Waals surface area contributed by atoms with Gasteiger partial charge in [-0.25, -0.2) is 9.97 Å². The Morgan fingerprint density at radius 2 is 1.33 bits per heavy atom. The highest BCUT2D eigenvalue weighted by Crippen LogP contribution is 2.33. The van der Waals surface area contributed by atoms with Gasteiger partial charge in [-0.1, -0.05) is 12.1 Å². The van der Waals surface area contributed by atoms with E-state index in [0.29, 0.717) is 0 Å². The summed E-state index contributed by atoms with van der Waals surface area (Å²) in [5, 5.41) is 1.86. The van der Waals surface area contributed by atoms with E-state index in [2.05, 4.69) is 21.0 Å². The summed E-state index contributed by atoms with van der Waals surface area (Å²) in [6, 6.07) is 13.7. The third-order valence-corrected chi connectivity index (χ3v) is 5.25. The van der Waals surface area contributed by atoms with Crippen molar-refractivity contribution in [1.82, 2.24) is 24.9 Å². The van der Waals surface area contributed by atoms with E-state index >= 15 is 0 Å². The Balaban J connectivity index is 1.81. The number of allylic oxidation sites excluding steroid dienone is 1. The molecule has 0 saturated carbocycles. The predicted octanol–water partition coefficient (Wildman–Crippen LogP) is 4.54. The maximum atomic E-state index is 5.10. The third kappa shape index (κ3) is 2.58.